The van der Waals surface area contributed by atoms with E-state index in [1.807, 2.05) is 0 Å². The molecule has 1 fully saturated rings. The third kappa shape index (κ3) is 4.84. The number of rotatable bonds is 8. The fraction of sp³-hybridized carbons (Fsp3) is 0.278. The number of anilines is 1. The highest BCUT2D eigenvalue weighted by molar-refractivity contribution is 7.89. The second-order valence-electron chi connectivity index (χ2n) is 6.25. The van der Waals surface area contributed by atoms with Gasteiger partial charge in [0.15, 0.2) is 6.61 Å². The third-order valence-corrected chi connectivity index (χ3v) is 5.56. The Morgan fingerprint density at radius 1 is 1.25 bits per heavy atom. The lowest BCUT2D eigenvalue weighted by molar-refractivity contribution is -0.120. The van der Waals surface area contributed by atoms with Crippen LogP contribution in [0.2, 0.25) is 0 Å². The smallest absolute Gasteiger partial charge is 0.255 e. The summed E-state index contributed by atoms with van der Waals surface area (Å²) < 4.78 is 32.5. The molecule has 0 unspecified atom stereocenters. The molecule has 9 nitrogen and oxygen atoms in total. The number of nitrogens with two attached hydrogens (primary N) is 1. The van der Waals surface area contributed by atoms with Gasteiger partial charge in [0.1, 0.15) is 5.75 Å². The van der Waals surface area contributed by atoms with Crippen molar-refractivity contribution in [3.63, 3.8) is 0 Å². The second kappa shape index (κ2) is 8.36. The van der Waals surface area contributed by atoms with Crippen molar-refractivity contribution < 1.29 is 22.7 Å². The van der Waals surface area contributed by atoms with E-state index < -0.39 is 15.9 Å². The Kier molecular flexibility index (Phi) is 5.90. The van der Waals surface area contributed by atoms with Crippen LogP contribution in [0.15, 0.2) is 47.6 Å². The average Bonchev–Trinajstić information content (AvgIpc) is 3.11. The van der Waals surface area contributed by atoms with Crippen LogP contribution in [-0.2, 0) is 26.2 Å². The molecule has 0 spiro atoms. The van der Waals surface area contributed by atoms with Crippen molar-refractivity contribution >= 4 is 27.5 Å². The number of carbonyl (C=O) groups is 2. The molecule has 1 aromatic heterocycles. The lowest BCUT2D eigenvalue weighted by Gasteiger charge is -2.16. The van der Waals surface area contributed by atoms with Gasteiger partial charge in [-0.05, 0) is 42.3 Å². The minimum atomic E-state index is -3.75. The second-order valence-corrected chi connectivity index (χ2v) is 8.02. The van der Waals surface area contributed by atoms with Crippen molar-refractivity contribution in [2.45, 2.75) is 24.3 Å². The van der Waals surface area contributed by atoms with Crippen LogP contribution in [0.1, 0.15) is 18.4 Å². The van der Waals surface area contributed by atoms with Crippen LogP contribution in [0.25, 0.3) is 0 Å². The first-order valence-corrected chi connectivity index (χ1v) is 10.1. The molecule has 1 aliphatic heterocycles. The molecular weight excluding hydrogens is 384 g/mol. The summed E-state index contributed by atoms with van der Waals surface area (Å²) in [4.78, 5) is 28.4. The maximum absolute atomic E-state index is 12.5. The van der Waals surface area contributed by atoms with Gasteiger partial charge in [-0.25, -0.2) is 13.1 Å². The number of nitrogens with one attached hydrogen (secondary N) is 1. The lowest BCUT2D eigenvalue weighted by Crippen LogP contribution is -2.25. The van der Waals surface area contributed by atoms with E-state index >= 15 is 0 Å². The highest BCUT2D eigenvalue weighted by atomic mass is 32.2. The van der Waals surface area contributed by atoms with Crippen molar-refractivity contribution in [3.05, 3.63) is 48.3 Å². The Morgan fingerprint density at radius 3 is 2.64 bits per heavy atom. The van der Waals surface area contributed by atoms with E-state index in [0.29, 0.717) is 30.0 Å². The number of carbonyl (C=O) groups excluding carboxylic acids is 2. The van der Waals surface area contributed by atoms with Gasteiger partial charge in [0.05, 0.1) is 16.8 Å². The van der Waals surface area contributed by atoms with Crippen LogP contribution in [0, 0.1) is 0 Å². The number of hydrogen-bond acceptors (Lipinski definition) is 6. The molecule has 3 N–H and O–H groups in total. The molecule has 1 aromatic carbocycles. The molecule has 2 heterocycles. The number of benzene rings is 1. The fourth-order valence-corrected chi connectivity index (χ4v) is 3.79. The first-order chi connectivity index (χ1) is 13.3. The quantitative estimate of drug-likeness (QED) is 0.660. The van der Waals surface area contributed by atoms with E-state index in [9.17, 15) is 18.0 Å². The van der Waals surface area contributed by atoms with Crippen LogP contribution in [0.4, 0.5) is 5.69 Å². The summed E-state index contributed by atoms with van der Waals surface area (Å²) in [6, 6.07) is 7.38. The highest BCUT2D eigenvalue weighted by Crippen LogP contribution is 2.21. The van der Waals surface area contributed by atoms with Crippen LogP contribution in [-0.4, -0.2) is 38.4 Å². The zero-order valence-corrected chi connectivity index (χ0v) is 15.8. The number of amides is 2. The summed E-state index contributed by atoms with van der Waals surface area (Å²) in [6.45, 7) is 0.387. The molecule has 0 aliphatic carbocycles. The fourth-order valence-electron chi connectivity index (χ4n) is 2.77. The van der Waals surface area contributed by atoms with Gasteiger partial charge in [0.25, 0.3) is 5.91 Å². The van der Waals surface area contributed by atoms with Gasteiger partial charge in [-0.15, -0.1) is 0 Å². The van der Waals surface area contributed by atoms with Crippen molar-refractivity contribution in [2.24, 2.45) is 5.73 Å². The molecule has 0 bridgehead atoms. The number of ether oxygens (including phenoxy) is 1. The Balaban J connectivity index is 1.65. The van der Waals surface area contributed by atoms with E-state index in [4.69, 9.17) is 10.5 Å². The number of aromatic nitrogens is 1. The van der Waals surface area contributed by atoms with Crippen LogP contribution < -0.4 is 20.1 Å². The van der Waals surface area contributed by atoms with Crippen molar-refractivity contribution in [3.8, 4) is 5.75 Å². The number of hydrogen-bond donors (Lipinski definition) is 2. The molecule has 0 radical (unpaired) electrons. The Labute approximate surface area is 162 Å². The zero-order chi connectivity index (χ0) is 20.1. The van der Waals surface area contributed by atoms with Gasteiger partial charge in [0.2, 0.25) is 15.9 Å². The SMILES string of the molecule is NC(=O)COc1ccc(S(=O)(=O)NCc2cncc(N3CCCC3=O)c2)cc1. The van der Waals surface area contributed by atoms with Crippen LogP contribution in [0.5, 0.6) is 5.75 Å². The van der Waals surface area contributed by atoms with E-state index in [1.54, 1.807) is 23.4 Å². The monoisotopic (exact) mass is 404 g/mol. The van der Waals surface area contributed by atoms with Gasteiger partial charge < -0.3 is 15.4 Å². The normalized spacial score (nSPS) is 14.3. The number of pyridine rings is 1. The van der Waals surface area contributed by atoms with E-state index in [2.05, 4.69) is 9.71 Å². The molecule has 148 valence electrons. The Hall–Kier alpha value is -2.98. The van der Waals surface area contributed by atoms with Gasteiger partial charge in [0, 0.05) is 25.7 Å². The molecule has 3 rings (SSSR count). The van der Waals surface area contributed by atoms with E-state index in [-0.39, 0.29) is 24.0 Å². The first-order valence-electron chi connectivity index (χ1n) is 8.60. The molecule has 28 heavy (non-hydrogen) atoms. The van der Waals surface area contributed by atoms with E-state index in [0.717, 1.165) is 6.42 Å². The molecule has 1 saturated heterocycles. The topological polar surface area (TPSA) is 132 Å². The highest BCUT2D eigenvalue weighted by Gasteiger charge is 2.22. The molecule has 0 atom stereocenters. The molecule has 2 aromatic rings. The number of primary amides is 1. The molecule has 2 amide bonds. The van der Waals surface area contributed by atoms with Crippen molar-refractivity contribution in [2.75, 3.05) is 18.1 Å². The minimum Gasteiger partial charge on any atom is -0.484 e. The summed E-state index contributed by atoms with van der Waals surface area (Å²) in [7, 11) is -3.75. The predicted molar refractivity (Wildman–Crippen MR) is 101 cm³/mol. The average molecular weight is 404 g/mol. The number of sulfonamides is 1. The van der Waals surface area contributed by atoms with E-state index in [1.165, 1.54) is 24.3 Å². The predicted octanol–water partition coefficient (Wildman–Crippen LogP) is 0.551. The maximum Gasteiger partial charge on any atom is 0.255 e. The molecule has 0 saturated carbocycles. The summed E-state index contributed by atoms with van der Waals surface area (Å²) in [5.74, 6) is -0.243. The Morgan fingerprint density at radius 2 is 2.00 bits per heavy atom. The molecular formula is C18H20N4O5S. The van der Waals surface area contributed by atoms with Crippen LogP contribution >= 0.6 is 0 Å². The molecule has 1 aliphatic rings. The van der Waals surface area contributed by atoms with Gasteiger partial charge in [-0.3, -0.25) is 14.6 Å². The van der Waals surface area contributed by atoms with Gasteiger partial charge >= 0.3 is 0 Å². The number of nitrogens with zero attached hydrogens (tertiary/aromatic N) is 2. The zero-order valence-electron chi connectivity index (χ0n) is 15.0. The van der Waals surface area contributed by atoms with Gasteiger partial charge in [-0.1, -0.05) is 0 Å². The summed E-state index contributed by atoms with van der Waals surface area (Å²) >= 11 is 0. The molecule has 10 heteroatoms. The van der Waals surface area contributed by atoms with Crippen molar-refractivity contribution in [1.29, 1.82) is 0 Å². The van der Waals surface area contributed by atoms with Crippen LogP contribution in [0.3, 0.4) is 0 Å². The minimum absolute atomic E-state index is 0.0329. The standard InChI is InChI=1S/C18H20N4O5S/c19-17(23)12-27-15-3-5-16(6-4-15)28(25,26)21-10-13-8-14(11-20-9-13)22-7-1-2-18(22)24/h3-6,8-9,11,21H,1-2,7,10,12H2,(H2,19,23). The summed E-state index contributed by atoms with van der Waals surface area (Å²) in [5, 5.41) is 0. The summed E-state index contributed by atoms with van der Waals surface area (Å²) in [6.07, 6.45) is 4.45. The third-order valence-electron chi connectivity index (χ3n) is 4.15. The lowest BCUT2D eigenvalue weighted by atomic mass is 10.2. The Bertz CT molecular complexity index is 976. The van der Waals surface area contributed by atoms with Crippen molar-refractivity contribution in [1.82, 2.24) is 9.71 Å². The maximum atomic E-state index is 12.5. The first kappa shape index (κ1) is 19.8. The van der Waals surface area contributed by atoms with Gasteiger partial charge in [-0.2, -0.15) is 0 Å². The summed E-state index contributed by atoms with van der Waals surface area (Å²) in [5.41, 5.74) is 6.30. The largest absolute Gasteiger partial charge is 0.484 e.